The van der Waals surface area contributed by atoms with Crippen LogP contribution in [0.3, 0.4) is 0 Å². The largest absolute Gasteiger partial charge is 0.392 e. The molecule has 1 heterocycles. The molecule has 0 aliphatic carbocycles. The number of fused-ring (bicyclic) bond motifs is 1. The van der Waals surface area contributed by atoms with E-state index in [1.165, 1.54) is 12.1 Å². The van der Waals surface area contributed by atoms with E-state index in [0.717, 1.165) is 16.8 Å². The van der Waals surface area contributed by atoms with E-state index in [9.17, 15) is 4.39 Å². The normalized spacial score (nSPS) is 11.4. The minimum absolute atomic E-state index is 0.0319. The molecule has 0 aliphatic rings. The molecule has 0 amide bonds. The first kappa shape index (κ1) is 15.2. The van der Waals surface area contributed by atoms with Crippen molar-refractivity contribution in [2.45, 2.75) is 6.54 Å². The first-order valence-corrected chi connectivity index (χ1v) is 7.16. The zero-order chi connectivity index (χ0) is 16.2. The number of aliphatic hydroxyl groups is 1. The number of hydrogen-bond donors (Lipinski definition) is 1. The molecule has 6 heteroatoms. The molecule has 3 aromatic rings. The first-order chi connectivity index (χ1) is 11.2. The first-order valence-electron chi connectivity index (χ1n) is 7.16. The predicted molar refractivity (Wildman–Crippen MR) is 86.4 cm³/mol. The standard InChI is InChI=1S/C17H16FN3O2/c1-21(11-12-4-6-14(18)7-5-12)16-10-13(3-2-8-22)9-15-17(16)20-23-19-15/h2-7,9-10,22H,8,11H2,1H3. The van der Waals surface area contributed by atoms with E-state index in [2.05, 4.69) is 10.3 Å². The Kier molecular flexibility index (Phi) is 4.34. The van der Waals surface area contributed by atoms with Crippen LogP contribution < -0.4 is 4.90 Å². The summed E-state index contributed by atoms with van der Waals surface area (Å²) in [6.07, 6.45) is 3.46. The fourth-order valence-corrected chi connectivity index (χ4v) is 2.42. The molecule has 0 atom stereocenters. The van der Waals surface area contributed by atoms with E-state index in [1.54, 1.807) is 18.2 Å². The lowest BCUT2D eigenvalue weighted by Gasteiger charge is -2.20. The summed E-state index contributed by atoms with van der Waals surface area (Å²) in [6, 6.07) is 10.2. The van der Waals surface area contributed by atoms with Gasteiger partial charge in [0.15, 0.2) is 5.52 Å². The third-order valence-corrected chi connectivity index (χ3v) is 3.52. The van der Waals surface area contributed by atoms with Gasteiger partial charge >= 0.3 is 0 Å². The summed E-state index contributed by atoms with van der Waals surface area (Å²) in [7, 11) is 1.92. The molecule has 0 aliphatic heterocycles. The molecule has 0 spiro atoms. The Hall–Kier alpha value is -2.73. The van der Waals surface area contributed by atoms with Gasteiger partial charge in [0.1, 0.15) is 11.3 Å². The predicted octanol–water partition coefficient (Wildman–Crippen LogP) is 3.00. The van der Waals surface area contributed by atoms with E-state index < -0.39 is 0 Å². The molecule has 0 saturated heterocycles. The molecule has 118 valence electrons. The molecule has 1 aromatic heterocycles. The molecule has 0 saturated carbocycles. The van der Waals surface area contributed by atoms with Gasteiger partial charge in [0, 0.05) is 13.6 Å². The van der Waals surface area contributed by atoms with Gasteiger partial charge in [-0.2, -0.15) is 0 Å². The second-order valence-electron chi connectivity index (χ2n) is 5.24. The number of nitrogens with zero attached hydrogens (tertiary/aromatic N) is 3. The molecule has 0 unspecified atom stereocenters. The molecule has 0 bridgehead atoms. The van der Waals surface area contributed by atoms with Crippen LogP contribution in [0.1, 0.15) is 11.1 Å². The second kappa shape index (κ2) is 6.58. The average molecular weight is 313 g/mol. The third-order valence-electron chi connectivity index (χ3n) is 3.52. The van der Waals surface area contributed by atoms with Crippen molar-refractivity contribution in [3.63, 3.8) is 0 Å². The molecule has 0 radical (unpaired) electrons. The average Bonchev–Trinajstić information content (AvgIpc) is 3.02. The Balaban J connectivity index is 1.94. The SMILES string of the molecule is CN(Cc1ccc(F)cc1)c1cc(C=CCO)cc2nonc12. The quantitative estimate of drug-likeness (QED) is 0.784. The van der Waals surface area contributed by atoms with Gasteiger partial charge < -0.3 is 10.0 Å². The summed E-state index contributed by atoms with van der Waals surface area (Å²) < 4.78 is 17.8. The molecule has 5 nitrogen and oxygen atoms in total. The molecule has 23 heavy (non-hydrogen) atoms. The molecule has 3 rings (SSSR count). The number of rotatable bonds is 5. The van der Waals surface area contributed by atoms with Crippen molar-refractivity contribution in [1.82, 2.24) is 10.3 Å². The van der Waals surface area contributed by atoms with Crippen LogP contribution >= 0.6 is 0 Å². The summed E-state index contributed by atoms with van der Waals surface area (Å²) in [5, 5.41) is 16.8. The van der Waals surface area contributed by atoms with Gasteiger partial charge in [-0.15, -0.1) is 0 Å². The van der Waals surface area contributed by atoms with Crippen molar-refractivity contribution < 1.29 is 14.1 Å². The molecule has 2 aromatic carbocycles. The monoisotopic (exact) mass is 313 g/mol. The van der Waals surface area contributed by atoms with Gasteiger partial charge in [0.2, 0.25) is 0 Å². The molecular weight excluding hydrogens is 297 g/mol. The van der Waals surface area contributed by atoms with Crippen molar-refractivity contribution in [3.8, 4) is 0 Å². The fraction of sp³-hybridized carbons (Fsp3) is 0.176. The minimum Gasteiger partial charge on any atom is -0.392 e. The summed E-state index contributed by atoms with van der Waals surface area (Å²) in [5.41, 5.74) is 4.03. The van der Waals surface area contributed by atoms with Crippen LogP contribution in [0.25, 0.3) is 17.1 Å². The van der Waals surface area contributed by atoms with Crippen molar-refractivity contribution in [2.24, 2.45) is 0 Å². The highest BCUT2D eigenvalue weighted by molar-refractivity contribution is 5.90. The van der Waals surface area contributed by atoms with E-state index in [4.69, 9.17) is 9.74 Å². The highest BCUT2D eigenvalue weighted by Gasteiger charge is 2.13. The van der Waals surface area contributed by atoms with Crippen molar-refractivity contribution in [2.75, 3.05) is 18.6 Å². The van der Waals surface area contributed by atoms with Gasteiger partial charge in [-0.25, -0.2) is 9.02 Å². The Morgan fingerprint density at radius 1 is 1.22 bits per heavy atom. The fourth-order valence-electron chi connectivity index (χ4n) is 2.42. The Morgan fingerprint density at radius 2 is 2.00 bits per heavy atom. The van der Waals surface area contributed by atoms with Crippen LogP contribution in [0.15, 0.2) is 47.1 Å². The Bertz CT molecular complexity index is 827. The lowest BCUT2D eigenvalue weighted by molar-refractivity contribution is 0.315. The van der Waals surface area contributed by atoms with Crippen LogP contribution in [0.4, 0.5) is 10.1 Å². The summed E-state index contributed by atoms with van der Waals surface area (Å²) >= 11 is 0. The van der Waals surface area contributed by atoms with Crippen LogP contribution in [0.2, 0.25) is 0 Å². The van der Waals surface area contributed by atoms with Gasteiger partial charge in [0.05, 0.1) is 12.3 Å². The van der Waals surface area contributed by atoms with E-state index in [-0.39, 0.29) is 12.4 Å². The van der Waals surface area contributed by atoms with Crippen molar-refractivity contribution in [3.05, 3.63) is 59.4 Å². The van der Waals surface area contributed by atoms with Crippen molar-refractivity contribution in [1.29, 1.82) is 0 Å². The van der Waals surface area contributed by atoms with Gasteiger partial charge in [-0.1, -0.05) is 24.3 Å². The number of hydrogen-bond acceptors (Lipinski definition) is 5. The summed E-state index contributed by atoms with van der Waals surface area (Å²) in [4.78, 5) is 2.00. The van der Waals surface area contributed by atoms with Crippen LogP contribution in [-0.4, -0.2) is 29.1 Å². The van der Waals surface area contributed by atoms with Gasteiger partial charge in [-0.3, -0.25) is 0 Å². The maximum Gasteiger partial charge on any atom is 0.158 e. The molecule has 1 N–H and O–H groups in total. The number of benzene rings is 2. The number of anilines is 1. The second-order valence-corrected chi connectivity index (χ2v) is 5.24. The summed E-state index contributed by atoms with van der Waals surface area (Å²) in [5.74, 6) is -0.254. The van der Waals surface area contributed by atoms with Crippen LogP contribution in [0, 0.1) is 5.82 Å². The molecule has 0 fully saturated rings. The minimum atomic E-state index is -0.254. The van der Waals surface area contributed by atoms with Gasteiger partial charge in [0.25, 0.3) is 0 Å². The highest BCUT2D eigenvalue weighted by atomic mass is 19.1. The maximum absolute atomic E-state index is 13.0. The topological polar surface area (TPSA) is 62.4 Å². The van der Waals surface area contributed by atoms with E-state index >= 15 is 0 Å². The third kappa shape index (κ3) is 3.37. The summed E-state index contributed by atoms with van der Waals surface area (Å²) in [6.45, 7) is 0.561. The van der Waals surface area contributed by atoms with E-state index in [1.807, 2.05) is 30.2 Å². The van der Waals surface area contributed by atoms with Crippen LogP contribution in [0.5, 0.6) is 0 Å². The van der Waals surface area contributed by atoms with Gasteiger partial charge in [-0.05, 0) is 45.7 Å². The molecular formula is C17H16FN3O2. The number of aliphatic hydroxyl groups excluding tert-OH is 1. The Morgan fingerprint density at radius 3 is 2.74 bits per heavy atom. The Labute approximate surface area is 132 Å². The zero-order valence-electron chi connectivity index (χ0n) is 12.6. The lowest BCUT2D eigenvalue weighted by Crippen LogP contribution is -2.17. The maximum atomic E-state index is 13.0. The highest BCUT2D eigenvalue weighted by Crippen LogP contribution is 2.27. The van der Waals surface area contributed by atoms with E-state index in [0.29, 0.717) is 17.6 Å². The number of aromatic nitrogens is 2. The van der Waals surface area contributed by atoms with Crippen molar-refractivity contribution >= 4 is 22.8 Å². The smallest absolute Gasteiger partial charge is 0.158 e. The zero-order valence-corrected chi connectivity index (χ0v) is 12.6. The number of halogens is 1. The lowest BCUT2D eigenvalue weighted by atomic mass is 10.1. The van der Waals surface area contributed by atoms with Crippen LogP contribution in [-0.2, 0) is 6.54 Å².